The van der Waals surface area contributed by atoms with Crippen molar-refractivity contribution in [2.24, 2.45) is 5.84 Å². The summed E-state index contributed by atoms with van der Waals surface area (Å²) in [5, 5.41) is 2.54. The van der Waals surface area contributed by atoms with E-state index in [2.05, 4.69) is 10.4 Å². The minimum absolute atomic E-state index is 0.226. The second-order valence-corrected chi connectivity index (χ2v) is 5.84. The summed E-state index contributed by atoms with van der Waals surface area (Å²) in [5.41, 5.74) is 3.74. The Morgan fingerprint density at radius 3 is 2.76 bits per heavy atom. The average molecular weight is 318 g/mol. The first-order chi connectivity index (χ1) is 10.2. The van der Waals surface area contributed by atoms with Crippen molar-refractivity contribution in [3.05, 3.63) is 47.5 Å². The third-order valence-electron chi connectivity index (χ3n) is 3.12. The number of rotatable bonds is 3. The summed E-state index contributed by atoms with van der Waals surface area (Å²) in [4.78, 5) is 17.0. The summed E-state index contributed by atoms with van der Waals surface area (Å²) in [7, 11) is 0. The summed E-state index contributed by atoms with van der Waals surface area (Å²) < 4.78 is 0. The molecule has 1 heterocycles. The minimum Gasteiger partial charge on any atom is -0.294 e. The van der Waals surface area contributed by atoms with Gasteiger partial charge in [0.1, 0.15) is 0 Å². The fourth-order valence-corrected chi connectivity index (χ4v) is 3.40. The lowest BCUT2D eigenvalue weighted by Gasteiger charge is -2.10. The third kappa shape index (κ3) is 2.68. The number of carbonyl (C=O) groups is 1. The SMILES string of the molecule is NNC(=O)CSc1c2ccccc2nc2c(Cl)cccc12. The number of aromatic nitrogens is 1. The number of hydrogen-bond acceptors (Lipinski definition) is 4. The first-order valence-electron chi connectivity index (χ1n) is 6.30. The number of para-hydroxylation sites is 2. The molecule has 3 aromatic rings. The first-order valence-corrected chi connectivity index (χ1v) is 7.66. The number of carbonyl (C=O) groups excluding carboxylic acids is 1. The molecule has 1 amide bonds. The molecule has 1 aromatic heterocycles. The third-order valence-corrected chi connectivity index (χ3v) is 4.56. The van der Waals surface area contributed by atoms with Crippen LogP contribution in [0.15, 0.2) is 47.4 Å². The van der Waals surface area contributed by atoms with Gasteiger partial charge in [0.05, 0.1) is 21.8 Å². The molecular formula is C15H12ClN3OS. The second-order valence-electron chi connectivity index (χ2n) is 4.45. The van der Waals surface area contributed by atoms with Crippen LogP contribution < -0.4 is 11.3 Å². The van der Waals surface area contributed by atoms with Gasteiger partial charge in [-0.25, -0.2) is 10.8 Å². The molecule has 21 heavy (non-hydrogen) atoms. The van der Waals surface area contributed by atoms with E-state index < -0.39 is 0 Å². The predicted octanol–water partition coefficient (Wildman–Crippen LogP) is 3.12. The number of nitrogens with one attached hydrogen (secondary N) is 1. The molecule has 0 aliphatic rings. The molecule has 0 unspecified atom stereocenters. The van der Waals surface area contributed by atoms with Crippen LogP contribution in [0.25, 0.3) is 21.8 Å². The highest BCUT2D eigenvalue weighted by molar-refractivity contribution is 8.00. The Morgan fingerprint density at radius 1 is 1.19 bits per heavy atom. The fraction of sp³-hybridized carbons (Fsp3) is 0.0667. The number of hydrazine groups is 1. The monoisotopic (exact) mass is 317 g/mol. The van der Waals surface area contributed by atoms with Crippen LogP contribution in [0.3, 0.4) is 0 Å². The molecule has 0 aliphatic heterocycles. The Kier molecular flexibility index (Phi) is 3.96. The number of nitrogens with two attached hydrogens (primary N) is 1. The normalized spacial score (nSPS) is 11.0. The maximum atomic E-state index is 11.4. The van der Waals surface area contributed by atoms with Gasteiger partial charge in [0.2, 0.25) is 5.91 Å². The molecule has 6 heteroatoms. The van der Waals surface area contributed by atoms with E-state index in [0.717, 1.165) is 26.7 Å². The van der Waals surface area contributed by atoms with Gasteiger partial charge in [-0.1, -0.05) is 41.9 Å². The number of pyridine rings is 1. The summed E-state index contributed by atoms with van der Waals surface area (Å²) in [6.07, 6.45) is 0. The molecule has 0 aliphatic carbocycles. The Labute approximate surface area is 130 Å². The first kappa shape index (κ1) is 14.1. The lowest BCUT2D eigenvalue weighted by molar-refractivity contribution is -0.118. The van der Waals surface area contributed by atoms with Crippen molar-refractivity contribution in [1.82, 2.24) is 10.4 Å². The fourth-order valence-electron chi connectivity index (χ4n) is 2.18. The molecule has 3 N–H and O–H groups in total. The largest absolute Gasteiger partial charge is 0.294 e. The number of fused-ring (bicyclic) bond motifs is 2. The van der Waals surface area contributed by atoms with Crippen molar-refractivity contribution in [1.29, 1.82) is 0 Å². The van der Waals surface area contributed by atoms with E-state index in [0.29, 0.717) is 5.02 Å². The zero-order valence-corrected chi connectivity index (χ0v) is 12.5. The molecule has 0 radical (unpaired) electrons. The molecule has 0 spiro atoms. The molecule has 0 bridgehead atoms. The van der Waals surface area contributed by atoms with Gasteiger partial charge < -0.3 is 0 Å². The van der Waals surface area contributed by atoms with E-state index in [1.807, 2.05) is 42.5 Å². The highest BCUT2D eigenvalue weighted by Crippen LogP contribution is 2.36. The average Bonchev–Trinajstić information content (AvgIpc) is 2.52. The number of thioether (sulfide) groups is 1. The van der Waals surface area contributed by atoms with Crippen molar-refractivity contribution in [3.63, 3.8) is 0 Å². The van der Waals surface area contributed by atoms with Gasteiger partial charge in [0.15, 0.2) is 0 Å². The van der Waals surface area contributed by atoms with E-state index >= 15 is 0 Å². The van der Waals surface area contributed by atoms with Crippen LogP contribution >= 0.6 is 23.4 Å². The van der Waals surface area contributed by atoms with Crippen LogP contribution in [-0.2, 0) is 4.79 Å². The van der Waals surface area contributed by atoms with E-state index in [1.54, 1.807) is 0 Å². The Hall–Kier alpha value is -1.82. The summed E-state index contributed by atoms with van der Waals surface area (Å²) in [5.74, 6) is 5.16. The van der Waals surface area contributed by atoms with Gasteiger partial charge in [-0.3, -0.25) is 10.2 Å². The quantitative estimate of drug-likeness (QED) is 0.256. The number of halogens is 1. The molecule has 0 fully saturated rings. The zero-order valence-electron chi connectivity index (χ0n) is 11.0. The van der Waals surface area contributed by atoms with Gasteiger partial charge in [0, 0.05) is 15.7 Å². The van der Waals surface area contributed by atoms with Crippen molar-refractivity contribution in [2.75, 3.05) is 5.75 Å². The minimum atomic E-state index is -0.226. The number of nitrogens with zero attached hydrogens (tertiary/aromatic N) is 1. The Morgan fingerprint density at radius 2 is 1.95 bits per heavy atom. The van der Waals surface area contributed by atoms with E-state index in [9.17, 15) is 4.79 Å². The smallest absolute Gasteiger partial charge is 0.244 e. The molecular weight excluding hydrogens is 306 g/mol. The maximum absolute atomic E-state index is 11.4. The van der Waals surface area contributed by atoms with E-state index in [1.165, 1.54) is 11.8 Å². The summed E-state index contributed by atoms with van der Waals surface area (Å²) in [6, 6.07) is 13.5. The van der Waals surface area contributed by atoms with Crippen molar-refractivity contribution >= 4 is 51.1 Å². The van der Waals surface area contributed by atoms with Crippen LogP contribution in [0.2, 0.25) is 5.02 Å². The number of hydrogen-bond donors (Lipinski definition) is 2. The number of benzene rings is 2. The molecule has 0 saturated heterocycles. The zero-order chi connectivity index (χ0) is 14.8. The summed E-state index contributed by atoms with van der Waals surface area (Å²) >= 11 is 7.68. The molecule has 0 atom stereocenters. The van der Waals surface area contributed by atoms with Crippen LogP contribution in [0.1, 0.15) is 0 Å². The van der Waals surface area contributed by atoms with Crippen LogP contribution in [0.4, 0.5) is 0 Å². The van der Waals surface area contributed by atoms with Crippen LogP contribution in [0, 0.1) is 0 Å². The van der Waals surface area contributed by atoms with Crippen molar-refractivity contribution < 1.29 is 4.79 Å². The van der Waals surface area contributed by atoms with Gasteiger partial charge in [-0.05, 0) is 12.1 Å². The summed E-state index contributed by atoms with van der Waals surface area (Å²) in [6.45, 7) is 0. The predicted molar refractivity (Wildman–Crippen MR) is 87.3 cm³/mol. The Balaban J connectivity index is 2.25. The van der Waals surface area contributed by atoms with E-state index in [4.69, 9.17) is 17.4 Å². The van der Waals surface area contributed by atoms with E-state index in [-0.39, 0.29) is 11.7 Å². The molecule has 3 rings (SSSR count). The van der Waals surface area contributed by atoms with Crippen LogP contribution in [0.5, 0.6) is 0 Å². The molecule has 106 valence electrons. The van der Waals surface area contributed by atoms with Crippen molar-refractivity contribution in [3.8, 4) is 0 Å². The molecule has 2 aromatic carbocycles. The second kappa shape index (κ2) is 5.89. The molecule has 0 saturated carbocycles. The Bertz CT molecular complexity index is 838. The lowest BCUT2D eigenvalue weighted by atomic mass is 10.1. The number of amides is 1. The van der Waals surface area contributed by atoms with Gasteiger partial charge in [-0.15, -0.1) is 11.8 Å². The van der Waals surface area contributed by atoms with Gasteiger partial charge >= 0.3 is 0 Å². The topological polar surface area (TPSA) is 68.0 Å². The highest BCUT2D eigenvalue weighted by atomic mass is 35.5. The van der Waals surface area contributed by atoms with Crippen molar-refractivity contribution in [2.45, 2.75) is 4.90 Å². The van der Waals surface area contributed by atoms with Gasteiger partial charge in [-0.2, -0.15) is 0 Å². The standard InChI is InChI=1S/C15H12ClN3OS/c16-11-6-3-5-10-14(11)18-12-7-2-1-4-9(12)15(10)21-8-13(20)19-17/h1-7H,8,17H2,(H,19,20). The highest BCUT2D eigenvalue weighted by Gasteiger charge is 2.12. The maximum Gasteiger partial charge on any atom is 0.244 e. The van der Waals surface area contributed by atoms with Crippen LogP contribution in [-0.4, -0.2) is 16.6 Å². The molecule has 4 nitrogen and oxygen atoms in total. The lowest BCUT2D eigenvalue weighted by Crippen LogP contribution is -2.31. The van der Waals surface area contributed by atoms with Gasteiger partial charge in [0.25, 0.3) is 0 Å².